The molecule has 0 saturated carbocycles. The molecule has 116 valence electrons. The predicted octanol–water partition coefficient (Wildman–Crippen LogP) is 0.257. The van der Waals surface area contributed by atoms with Crippen molar-refractivity contribution in [2.75, 3.05) is 26.4 Å². The molecule has 0 bridgehead atoms. The maximum absolute atomic E-state index is 12.4. The smallest absolute Gasteiger partial charge is 0.246 e. The second-order valence-corrected chi connectivity index (χ2v) is 7.44. The number of nitrogens with two attached hydrogens (primary N) is 1. The molecule has 1 aromatic heterocycles. The molecule has 20 heavy (non-hydrogen) atoms. The number of hydrogen-bond donors (Lipinski definition) is 2. The van der Waals surface area contributed by atoms with Crippen molar-refractivity contribution in [2.45, 2.75) is 31.2 Å². The molecule has 0 fully saturated rings. The minimum Gasteiger partial charge on any atom is -0.381 e. The number of aryl methyl sites for hydroxylation is 1. The zero-order valence-corrected chi connectivity index (χ0v) is 13.6. The van der Waals surface area contributed by atoms with E-state index in [-0.39, 0.29) is 16.8 Å². The van der Waals surface area contributed by atoms with Crippen LogP contribution < -0.4 is 10.5 Å². The summed E-state index contributed by atoms with van der Waals surface area (Å²) in [5.74, 6) is 0.419. The SMILES string of the molecule is CC(C)CC(CN(C)C)NS(=O)(=O)c1cn(C)nc1N. The van der Waals surface area contributed by atoms with Crippen LogP contribution in [0.4, 0.5) is 5.82 Å². The van der Waals surface area contributed by atoms with Gasteiger partial charge in [-0.25, -0.2) is 13.1 Å². The van der Waals surface area contributed by atoms with Gasteiger partial charge in [0.1, 0.15) is 4.90 Å². The number of hydrogen-bond acceptors (Lipinski definition) is 5. The molecular weight excluding hydrogens is 278 g/mol. The van der Waals surface area contributed by atoms with Gasteiger partial charge in [-0.15, -0.1) is 0 Å². The molecule has 1 rings (SSSR count). The van der Waals surface area contributed by atoms with Crippen LogP contribution in [0.3, 0.4) is 0 Å². The van der Waals surface area contributed by atoms with Crippen molar-refractivity contribution in [3.05, 3.63) is 6.20 Å². The van der Waals surface area contributed by atoms with Crippen molar-refractivity contribution in [2.24, 2.45) is 13.0 Å². The highest BCUT2D eigenvalue weighted by Gasteiger charge is 2.25. The standard InChI is InChI=1S/C12H25N5O2S/c1-9(2)6-10(7-16(3)4)15-20(18,19)11-8-17(5)14-12(11)13/h8-10,15H,6-7H2,1-5H3,(H2,13,14). The zero-order valence-electron chi connectivity index (χ0n) is 12.8. The third-order valence-electron chi connectivity index (χ3n) is 2.77. The normalized spacial score (nSPS) is 14.2. The molecule has 0 aromatic carbocycles. The number of anilines is 1. The van der Waals surface area contributed by atoms with Crippen LogP contribution in [-0.2, 0) is 17.1 Å². The van der Waals surface area contributed by atoms with Gasteiger partial charge >= 0.3 is 0 Å². The molecule has 0 radical (unpaired) electrons. The van der Waals surface area contributed by atoms with Crippen LogP contribution in [0.2, 0.25) is 0 Å². The lowest BCUT2D eigenvalue weighted by atomic mass is 10.0. The first-order valence-corrected chi connectivity index (χ1v) is 8.06. The van der Waals surface area contributed by atoms with Gasteiger partial charge in [-0.1, -0.05) is 13.8 Å². The summed E-state index contributed by atoms with van der Waals surface area (Å²) in [5, 5.41) is 3.87. The van der Waals surface area contributed by atoms with Gasteiger partial charge in [0.2, 0.25) is 10.0 Å². The molecule has 7 nitrogen and oxygen atoms in total. The predicted molar refractivity (Wildman–Crippen MR) is 79.7 cm³/mol. The summed E-state index contributed by atoms with van der Waals surface area (Å²) in [6, 6.07) is -0.158. The third kappa shape index (κ3) is 4.77. The lowest BCUT2D eigenvalue weighted by Gasteiger charge is -2.23. The maximum atomic E-state index is 12.4. The summed E-state index contributed by atoms with van der Waals surface area (Å²) in [6.07, 6.45) is 2.18. The van der Waals surface area contributed by atoms with Gasteiger partial charge in [0, 0.05) is 25.8 Å². The molecule has 1 atom stereocenters. The Balaban J connectivity index is 2.93. The number of rotatable bonds is 7. The molecular formula is C12H25N5O2S. The highest BCUT2D eigenvalue weighted by Crippen LogP contribution is 2.17. The molecule has 1 aromatic rings. The van der Waals surface area contributed by atoms with Crippen LogP contribution in [0.5, 0.6) is 0 Å². The van der Waals surface area contributed by atoms with E-state index in [0.717, 1.165) is 6.42 Å². The van der Waals surface area contributed by atoms with Crippen molar-refractivity contribution in [3.8, 4) is 0 Å². The van der Waals surface area contributed by atoms with Crippen molar-refractivity contribution in [1.29, 1.82) is 0 Å². The van der Waals surface area contributed by atoms with Crippen LogP contribution >= 0.6 is 0 Å². The van der Waals surface area contributed by atoms with E-state index < -0.39 is 10.0 Å². The minimum atomic E-state index is -3.65. The fourth-order valence-corrected chi connectivity index (χ4v) is 3.49. The highest BCUT2D eigenvalue weighted by molar-refractivity contribution is 7.89. The Morgan fingerprint density at radius 2 is 2.05 bits per heavy atom. The van der Waals surface area contributed by atoms with Crippen LogP contribution in [-0.4, -0.2) is 49.8 Å². The zero-order chi connectivity index (χ0) is 15.5. The molecule has 8 heteroatoms. The van der Waals surface area contributed by atoms with Crippen molar-refractivity contribution >= 4 is 15.8 Å². The Kier molecular flexibility index (Phi) is 5.55. The van der Waals surface area contributed by atoms with Gasteiger partial charge in [0.15, 0.2) is 5.82 Å². The number of nitrogens with zero attached hydrogens (tertiary/aromatic N) is 3. The van der Waals surface area contributed by atoms with Gasteiger partial charge in [-0.05, 0) is 26.4 Å². The number of aromatic nitrogens is 2. The largest absolute Gasteiger partial charge is 0.381 e. The molecule has 0 saturated heterocycles. The first-order valence-electron chi connectivity index (χ1n) is 6.58. The van der Waals surface area contributed by atoms with E-state index >= 15 is 0 Å². The Morgan fingerprint density at radius 3 is 2.45 bits per heavy atom. The topological polar surface area (TPSA) is 93.2 Å². The average Bonchev–Trinajstić information content (AvgIpc) is 2.55. The van der Waals surface area contributed by atoms with Crippen LogP contribution in [0, 0.1) is 5.92 Å². The lowest BCUT2D eigenvalue weighted by Crippen LogP contribution is -2.42. The van der Waals surface area contributed by atoms with E-state index in [4.69, 9.17) is 5.73 Å². The van der Waals surface area contributed by atoms with Crippen LogP contribution in [0.25, 0.3) is 0 Å². The first-order chi connectivity index (χ1) is 9.11. The summed E-state index contributed by atoms with van der Waals surface area (Å²) < 4.78 is 28.9. The van der Waals surface area contributed by atoms with E-state index in [9.17, 15) is 8.42 Å². The molecule has 0 aliphatic carbocycles. The summed E-state index contributed by atoms with van der Waals surface area (Å²) in [4.78, 5) is 2.00. The van der Waals surface area contributed by atoms with E-state index in [0.29, 0.717) is 12.5 Å². The van der Waals surface area contributed by atoms with Gasteiger partial charge in [-0.3, -0.25) is 4.68 Å². The number of likely N-dealkylation sites (N-methyl/N-ethyl adjacent to an activating group) is 1. The lowest BCUT2D eigenvalue weighted by molar-refractivity contribution is 0.329. The molecule has 0 amide bonds. The molecule has 1 unspecified atom stereocenters. The third-order valence-corrected chi connectivity index (χ3v) is 4.31. The van der Waals surface area contributed by atoms with Crippen LogP contribution in [0.15, 0.2) is 11.1 Å². The molecule has 3 N–H and O–H groups in total. The average molecular weight is 303 g/mol. The number of nitrogens with one attached hydrogen (secondary N) is 1. The maximum Gasteiger partial charge on any atom is 0.246 e. The van der Waals surface area contributed by atoms with Crippen molar-refractivity contribution in [3.63, 3.8) is 0 Å². The first kappa shape index (κ1) is 16.9. The number of nitrogen functional groups attached to an aromatic ring is 1. The van der Waals surface area contributed by atoms with Crippen molar-refractivity contribution < 1.29 is 8.42 Å². The monoisotopic (exact) mass is 303 g/mol. The molecule has 0 aliphatic heterocycles. The Bertz CT molecular complexity index is 526. The number of sulfonamides is 1. The Hall–Kier alpha value is -1.12. The Morgan fingerprint density at radius 1 is 1.45 bits per heavy atom. The second-order valence-electron chi connectivity index (χ2n) is 5.76. The van der Waals surface area contributed by atoms with E-state index in [2.05, 4.69) is 23.7 Å². The van der Waals surface area contributed by atoms with Gasteiger partial charge in [-0.2, -0.15) is 5.10 Å². The summed E-state index contributed by atoms with van der Waals surface area (Å²) in [6.45, 7) is 4.77. The van der Waals surface area contributed by atoms with E-state index in [1.54, 1.807) is 7.05 Å². The van der Waals surface area contributed by atoms with Gasteiger partial charge in [0.05, 0.1) is 0 Å². The summed E-state index contributed by atoms with van der Waals surface area (Å²) in [7, 11) is 1.83. The van der Waals surface area contributed by atoms with E-state index in [1.165, 1.54) is 10.9 Å². The quantitative estimate of drug-likeness (QED) is 0.753. The van der Waals surface area contributed by atoms with Crippen molar-refractivity contribution in [1.82, 2.24) is 19.4 Å². The summed E-state index contributed by atoms with van der Waals surface area (Å²) >= 11 is 0. The fraction of sp³-hybridized carbons (Fsp3) is 0.750. The fourth-order valence-electron chi connectivity index (χ4n) is 2.14. The Labute approximate surface area is 121 Å². The second kappa shape index (κ2) is 6.55. The van der Waals surface area contributed by atoms with Gasteiger partial charge < -0.3 is 10.6 Å². The van der Waals surface area contributed by atoms with Crippen LogP contribution in [0.1, 0.15) is 20.3 Å². The highest BCUT2D eigenvalue weighted by atomic mass is 32.2. The minimum absolute atomic E-state index is 0.0214. The van der Waals surface area contributed by atoms with Gasteiger partial charge in [0.25, 0.3) is 0 Å². The molecule has 0 spiro atoms. The summed E-state index contributed by atoms with van der Waals surface area (Å²) in [5.41, 5.74) is 5.64. The molecule has 0 aliphatic rings. The van der Waals surface area contributed by atoms with E-state index in [1.807, 2.05) is 19.0 Å². The molecule has 1 heterocycles.